The summed E-state index contributed by atoms with van der Waals surface area (Å²) in [6.07, 6.45) is -22.4. The Bertz CT molecular complexity index is 991. The zero-order valence-electron chi connectivity index (χ0n) is 18.1. The van der Waals surface area contributed by atoms with Gasteiger partial charge < -0.3 is 0 Å². The van der Waals surface area contributed by atoms with E-state index in [0.717, 1.165) is 0 Å². The molecular formula is C18H8F21. The smallest absolute Gasteiger partial charge is 0.194 e. The maximum Gasteiger partial charge on any atom is 0.460 e. The predicted molar refractivity (Wildman–Crippen MR) is 84.8 cm³/mol. The van der Waals surface area contributed by atoms with Crippen molar-refractivity contribution in [2.45, 2.75) is 67.9 Å². The standard InChI is InChI=1S/C18H8F21/c1-5(2)9-7(11(21,22)14(27,28)17(34,35)36)3-6(10(19,20)13(25,26)16(31,32)33)4-8(9)12(23,24)15(29,30)18(37,38)39/h3-4H,1-2H3. The van der Waals surface area contributed by atoms with Crippen LogP contribution in [0.15, 0.2) is 12.1 Å². The molecule has 0 aliphatic carbocycles. The molecule has 21 heteroatoms. The number of rotatable bonds is 7. The van der Waals surface area contributed by atoms with Crippen molar-refractivity contribution in [3.63, 3.8) is 0 Å². The predicted octanol–water partition coefficient (Wildman–Crippen LogP) is 9.52. The van der Waals surface area contributed by atoms with Gasteiger partial charge in [0.25, 0.3) is 0 Å². The molecule has 1 aromatic carbocycles. The van der Waals surface area contributed by atoms with E-state index < -0.39 is 94.4 Å². The summed E-state index contributed by atoms with van der Waals surface area (Å²) in [6.45, 7) is 0.210. The van der Waals surface area contributed by atoms with Gasteiger partial charge >= 0.3 is 54.1 Å². The summed E-state index contributed by atoms with van der Waals surface area (Å²) in [6, 6.07) is -3.38. The van der Waals surface area contributed by atoms with Gasteiger partial charge in [-0.25, -0.2) is 0 Å². The molecule has 0 nitrogen and oxygen atoms in total. The molecule has 39 heavy (non-hydrogen) atoms. The Morgan fingerprint density at radius 2 is 0.641 bits per heavy atom. The lowest BCUT2D eigenvalue weighted by Crippen LogP contribution is -2.53. The lowest BCUT2D eigenvalue weighted by Gasteiger charge is -2.36. The summed E-state index contributed by atoms with van der Waals surface area (Å²) in [4.78, 5) is 0. The van der Waals surface area contributed by atoms with Crippen LogP contribution in [-0.2, 0) is 17.8 Å². The second kappa shape index (κ2) is 9.13. The molecule has 227 valence electrons. The van der Waals surface area contributed by atoms with Crippen LogP contribution in [0.5, 0.6) is 0 Å². The zero-order chi connectivity index (χ0) is 31.8. The Kier molecular flexibility index (Phi) is 8.14. The number of benzene rings is 1. The summed E-state index contributed by atoms with van der Waals surface area (Å²) < 4.78 is 281. The average molecular weight is 623 g/mol. The van der Waals surface area contributed by atoms with Gasteiger partial charge in [-0.1, -0.05) is 13.8 Å². The minimum Gasteiger partial charge on any atom is -0.194 e. The first-order valence-corrected chi connectivity index (χ1v) is 9.12. The maximum absolute atomic E-state index is 14.5. The van der Waals surface area contributed by atoms with E-state index in [2.05, 4.69) is 0 Å². The highest BCUT2D eigenvalue weighted by Gasteiger charge is 2.78. The molecular weight excluding hydrogens is 615 g/mol. The fourth-order valence-electron chi connectivity index (χ4n) is 2.91. The number of halogens is 21. The second-order valence-corrected chi connectivity index (χ2v) is 7.89. The average Bonchev–Trinajstić information content (AvgIpc) is 2.69. The summed E-state index contributed by atoms with van der Waals surface area (Å²) in [5.41, 5.74) is -13.8. The Morgan fingerprint density at radius 1 is 0.410 bits per heavy atom. The lowest BCUT2D eigenvalue weighted by atomic mass is 9.80. The second-order valence-electron chi connectivity index (χ2n) is 7.89. The quantitative estimate of drug-likeness (QED) is 0.266. The van der Waals surface area contributed by atoms with Crippen molar-refractivity contribution in [3.8, 4) is 0 Å². The van der Waals surface area contributed by atoms with Crippen molar-refractivity contribution < 1.29 is 92.2 Å². The van der Waals surface area contributed by atoms with Gasteiger partial charge in [0.2, 0.25) is 0 Å². The van der Waals surface area contributed by atoms with Gasteiger partial charge in [0.05, 0.1) is 0 Å². The van der Waals surface area contributed by atoms with Crippen LogP contribution in [0.3, 0.4) is 0 Å². The highest BCUT2D eigenvalue weighted by atomic mass is 19.4. The van der Waals surface area contributed by atoms with Crippen LogP contribution in [0.2, 0.25) is 0 Å². The van der Waals surface area contributed by atoms with E-state index in [-0.39, 0.29) is 13.8 Å². The van der Waals surface area contributed by atoms with Crippen LogP contribution in [0.25, 0.3) is 0 Å². The molecule has 0 saturated heterocycles. The number of hydrogen-bond acceptors (Lipinski definition) is 0. The van der Waals surface area contributed by atoms with E-state index >= 15 is 0 Å². The van der Waals surface area contributed by atoms with Crippen molar-refractivity contribution in [2.75, 3.05) is 0 Å². The van der Waals surface area contributed by atoms with Crippen molar-refractivity contribution in [1.29, 1.82) is 0 Å². The zero-order valence-corrected chi connectivity index (χ0v) is 18.1. The molecule has 0 N–H and O–H groups in total. The fourth-order valence-corrected chi connectivity index (χ4v) is 2.91. The Labute approximate surface area is 201 Å². The molecule has 0 heterocycles. The Hall–Kier alpha value is -2.25. The van der Waals surface area contributed by atoms with Crippen LogP contribution in [-0.4, -0.2) is 36.3 Å². The van der Waals surface area contributed by atoms with Crippen molar-refractivity contribution >= 4 is 0 Å². The van der Waals surface area contributed by atoms with E-state index in [4.69, 9.17) is 0 Å². The molecule has 1 aromatic rings. The molecule has 0 aliphatic heterocycles. The summed E-state index contributed by atoms with van der Waals surface area (Å²) in [7, 11) is 0. The van der Waals surface area contributed by atoms with Crippen LogP contribution in [0.1, 0.15) is 36.1 Å². The maximum atomic E-state index is 14.5. The molecule has 0 fully saturated rings. The Balaban J connectivity index is 4.56. The van der Waals surface area contributed by atoms with Crippen molar-refractivity contribution in [3.05, 3.63) is 40.3 Å². The topological polar surface area (TPSA) is 0 Å². The monoisotopic (exact) mass is 623 g/mol. The van der Waals surface area contributed by atoms with Crippen LogP contribution in [0, 0.1) is 5.92 Å². The van der Waals surface area contributed by atoms with E-state index in [1.54, 1.807) is 0 Å². The molecule has 0 bridgehead atoms. The van der Waals surface area contributed by atoms with E-state index in [1.165, 1.54) is 0 Å². The third-order valence-electron chi connectivity index (χ3n) is 4.93. The van der Waals surface area contributed by atoms with Crippen LogP contribution < -0.4 is 0 Å². The van der Waals surface area contributed by atoms with Gasteiger partial charge in [-0.15, -0.1) is 0 Å². The fraction of sp³-hybridized carbons (Fsp3) is 0.611. The molecule has 0 spiro atoms. The molecule has 0 atom stereocenters. The minimum absolute atomic E-state index is 0.105. The molecule has 1 radical (unpaired) electrons. The van der Waals surface area contributed by atoms with Gasteiger partial charge in [-0.3, -0.25) is 0 Å². The lowest BCUT2D eigenvalue weighted by molar-refractivity contribution is -0.362. The summed E-state index contributed by atoms with van der Waals surface area (Å²) in [5.74, 6) is -46.0. The summed E-state index contributed by atoms with van der Waals surface area (Å²) in [5, 5.41) is 0. The van der Waals surface area contributed by atoms with Crippen molar-refractivity contribution in [2.24, 2.45) is 0 Å². The van der Waals surface area contributed by atoms with E-state index in [1.807, 2.05) is 0 Å². The highest BCUT2D eigenvalue weighted by molar-refractivity contribution is 5.53. The first-order chi connectivity index (χ1) is 16.7. The van der Waals surface area contributed by atoms with Gasteiger partial charge in [-0.2, -0.15) is 92.2 Å². The van der Waals surface area contributed by atoms with E-state index in [0.29, 0.717) is 0 Å². The van der Waals surface area contributed by atoms with Gasteiger partial charge in [-0.05, 0) is 23.6 Å². The highest BCUT2D eigenvalue weighted by Crippen LogP contribution is 2.60. The third kappa shape index (κ3) is 5.06. The third-order valence-corrected chi connectivity index (χ3v) is 4.93. The Morgan fingerprint density at radius 3 is 0.846 bits per heavy atom. The number of alkyl halides is 21. The largest absolute Gasteiger partial charge is 0.460 e. The number of hydrogen-bond donors (Lipinski definition) is 0. The molecule has 0 unspecified atom stereocenters. The minimum atomic E-state index is -7.58. The molecule has 0 saturated carbocycles. The normalized spacial score (nSPS) is 15.8. The van der Waals surface area contributed by atoms with Crippen molar-refractivity contribution in [1.82, 2.24) is 0 Å². The first kappa shape index (κ1) is 34.8. The molecule has 0 aliphatic rings. The summed E-state index contributed by atoms with van der Waals surface area (Å²) >= 11 is 0. The SMILES string of the molecule is C[C](C)c1c(C(F)(F)C(F)(F)C(F)(F)F)cc(C(F)(F)C(F)(F)C(F)(F)F)cc1C(F)(F)C(F)(F)C(F)(F)F. The first-order valence-electron chi connectivity index (χ1n) is 9.12. The molecule has 0 amide bonds. The van der Waals surface area contributed by atoms with Gasteiger partial charge in [0.1, 0.15) is 0 Å². The van der Waals surface area contributed by atoms with Crippen LogP contribution >= 0.6 is 0 Å². The van der Waals surface area contributed by atoms with Gasteiger partial charge in [0.15, 0.2) is 0 Å². The molecule has 0 aromatic heterocycles. The van der Waals surface area contributed by atoms with E-state index in [9.17, 15) is 92.2 Å². The van der Waals surface area contributed by atoms with Crippen LogP contribution in [0.4, 0.5) is 92.2 Å². The van der Waals surface area contributed by atoms with Gasteiger partial charge in [0, 0.05) is 16.7 Å². The molecule has 1 rings (SSSR count).